The molecule has 2 heterocycles. The van der Waals surface area contributed by atoms with Crippen LogP contribution in [0, 0.1) is 0 Å². The number of carbonyl (C=O) groups is 1. The molecular formula is C18H16F3N5OS. The van der Waals surface area contributed by atoms with Gasteiger partial charge < -0.3 is 9.88 Å². The second kappa shape index (κ2) is 8.42. The van der Waals surface area contributed by atoms with Gasteiger partial charge in [0, 0.05) is 24.0 Å². The van der Waals surface area contributed by atoms with Crippen LogP contribution in [-0.2, 0) is 17.5 Å². The first-order chi connectivity index (χ1) is 13.4. The van der Waals surface area contributed by atoms with Crippen molar-refractivity contribution in [3.8, 4) is 11.4 Å². The SMILES string of the molecule is CCn1c(SCC(=O)Nc2ccccc2)nnc1-c1ccnc(C(F)(F)F)c1. The smallest absolute Gasteiger partial charge is 0.325 e. The van der Waals surface area contributed by atoms with Crippen molar-refractivity contribution in [1.29, 1.82) is 0 Å². The number of para-hydroxylation sites is 1. The van der Waals surface area contributed by atoms with Crippen molar-refractivity contribution in [1.82, 2.24) is 19.7 Å². The number of alkyl halides is 3. The molecule has 146 valence electrons. The van der Waals surface area contributed by atoms with E-state index in [1.54, 1.807) is 16.7 Å². The number of pyridine rings is 1. The number of amides is 1. The van der Waals surface area contributed by atoms with Crippen molar-refractivity contribution < 1.29 is 18.0 Å². The Morgan fingerprint density at radius 3 is 2.61 bits per heavy atom. The molecule has 3 rings (SSSR count). The number of rotatable bonds is 6. The summed E-state index contributed by atoms with van der Waals surface area (Å²) < 4.78 is 40.4. The number of halogens is 3. The highest BCUT2D eigenvalue weighted by atomic mass is 32.2. The molecule has 0 radical (unpaired) electrons. The van der Waals surface area contributed by atoms with Gasteiger partial charge in [0.1, 0.15) is 5.69 Å². The van der Waals surface area contributed by atoms with Crippen LogP contribution in [0.2, 0.25) is 0 Å². The normalized spacial score (nSPS) is 11.4. The van der Waals surface area contributed by atoms with E-state index in [2.05, 4.69) is 20.5 Å². The van der Waals surface area contributed by atoms with Crippen molar-refractivity contribution in [2.45, 2.75) is 24.8 Å². The van der Waals surface area contributed by atoms with Gasteiger partial charge in [-0.2, -0.15) is 13.2 Å². The summed E-state index contributed by atoms with van der Waals surface area (Å²) in [7, 11) is 0. The summed E-state index contributed by atoms with van der Waals surface area (Å²) in [5, 5.41) is 11.2. The minimum absolute atomic E-state index is 0.0944. The van der Waals surface area contributed by atoms with E-state index in [4.69, 9.17) is 0 Å². The summed E-state index contributed by atoms with van der Waals surface area (Å²) in [4.78, 5) is 15.5. The summed E-state index contributed by atoms with van der Waals surface area (Å²) >= 11 is 1.16. The molecule has 0 aliphatic carbocycles. The molecule has 1 aromatic carbocycles. The quantitative estimate of drug-likeness (QED) is 0.623. The Hall–Kier alpha value is -2.88. The Morgan fingerprint density at radius 1 is 1.18 bits per heavy atom. The number of hydrogen-bond acceptors (Lipinski definition) is 5. The van der Waals surface area contributed by atoms with E-state index >= 15 is 0 Å². The average Bonchev–Trinajstić information content (AvgIpc) is 3.09. The molecule has 28 heavy (non-hydrogen) atoms. The van der Waals surface area contributed by atoms with E-state index in [-0.39, 0.29) is 17.2 Å². The number of aromatic nitrogens is 4. The standard InChI is InChI=1S/C18H16F3N5OS/c1-2-26-16(12-8-9-22-14(10-12)18(19,20)21)24-25-17(26)28-11-15(27)23-13-6-4-3-5-7-13/h3-10H,2,11H2,1H3,(H,23,27). The van der Waals surface area contributed by atoms with E-state index in [0.29, 0.717) is 23.2 Å². The lowest BCUT2D eigenvalue weighted by molar-refractivity contribution is -0.141. The number of benzene rings is 1. The molecule has 0 atom stereocenters. The van der Waals surface area contributed by atoms with Gasteiger partial charge in [-0.3, -0.25) is 9.78 Å². The molecule has 0 aliphatic rings. The molecule has 0 saturated carbocycles. The van der Waals surface area contributed by atoms with Crippen molar-refractivity contribution in [2.24, 2.45) is 0 Å². The predicted molar refractivity (Wildman–Crippen MR) is 99.7 cm³/mol. The number of hydrogen-bond donors (Lipinski definition) is 1. The predicted octanol–water partition coefficient (Wildman–Crippen LogP) is 4.11. The lowest BCUT2D eigenvalue weighted by atomic mass is 10.2. The van der Waals surface area contributed by atoms with E-state index in [0.717, 1.165) is 24.0 Å². The Bertz CT molecular complexity index is 959. The highest BCUT2D eigenvalue weighted by Gasteiger charge is 2.33. The second-order valence-corrected chi connectivity index (χ2v) is 6.62. The summed E-state index contributed by atoms with van der Waals surface area (Å²) in [6.45, 7) is 2.27. The van der Waals surface area contributed by atoms with Gasteiger partial charge in [-0.25, -0.2) is 0 Å². The molecule has 0 fully saturated rings. The van der Waals surface area contributed by atoms with Crippen LogP contribution >= 0.6 is 11.8 Å². The van der Waals surface area contributed by atoms with Gasteiger partial charge in [0.15, 0.2) is 11.0 Å². The summed E-state index contributed by atoms with van der Waals surface area (Å²) in [5.74, 6) is 0.171. The molecule has 1 amide bonds. The molecule has 0 aliphatic heterocycles. The second-order valence-electron chi connectivity index (χ2n) is 5.68. The Labute approximate surface area is 163 Å². The molecule has 0 unspecified atom stereocenters. The Kier molecular flexibility index (Phi) is 5.98. The maximum atomic E-state index is 12.9. The molecule has 0 spiro atoms. The Morgan fingerprint density at radius 2 is 1.93 bits per heavy atom. The highest BCUT2D eigenvalue weighted by molar-refractivity contribution is 7.99. The third kappa shape index (κ3) is 4.69. The average molecular weight is 407 g/mol. The van der Waals surface area contributed by atoms with Crippen molar-refractivity contribution in [2.75, 3.05) is 11.1 Å². The molecule has 1 N–H and O–H groups in total. The van der Waals surface area contributed by atoms with Crippen LogP contribution in [0.25, 0.3) is 11.4 Å². The third-order valence-electron chi connectivity index (χ3n) is 3.73. The summed E-state index contributed by atoms with van der Waals surface area (Å²) in [6.07, 6.45) is -3.45. The fourth-order valence-electron chi connectivity index (χ4n) is 2.47. The molecule has 0 bridgehead atoms. The highest BCUT2D eigenvalue weighted by Crippen LogP contribution is 2.31. The number of anilines is 1. The van der Waals surface area contributed by atoms with Crippen LogP contribution in [0.4, 0.5) is 18.9 Å². The van der Waals surface area contributed by atoms with E-state index in [1.165, 1.54) is 6.07 Å². The first kappa shape index (κ1) is 19.9. The fraction of sp³-hybridized carbons (Fsp3) is 0.222. The zero-order chi connectivity index (χ0) is 20.1. The summed E-state index contributed by atoms with van der Waals surface area (Å²) in [5.41, 5.74) is -0.0495. The minimum atomic E-state index is -4.54. The first-order valence-corrected chi connectivity index (χ1v) is 9.31. The lowest BCUT2D eigenvalue weighted by Crippen LogP contribution is -2.14. The van der Waals surface area contributed by atoms with Gasteiger partial charge in [-0.1, -0.05) is 30.0 Å². The molecular weight excluding hydrogens is 391 g/mol. The van der Waals surface area contributed by atoms with Crippen molar-refractivity contribution in [3.05, 3.63) is 54.4 Å². The largest absolute Gasteiger partial charge is 0.433 e. The monoisotopic (exact) mass is 407 g/mol. The number of nitrogens with zero attached hydrogens (tertiary/aromatic N) is 4. The van der Waals surface area contributed by atoms with Crippen molar-refractivity contribution in [3.63, 3.8) is 0 Å². The molecule has 0 saturated heterocycles. The van der Waals surface area contributed by atoms with Gasteiger partial charge in [-0.15, -0.1) is 10.2 Å². The Balaban J connectivity index is 1.74. The van der Waals surface area contributed by atoms with Gasteiger partial charge in [0.05, 0.1) is 5.75 Å². The fourth-order valence-corrected chi connectivity index (χ4v) is 3.27. The number of carbonyl (C=O) groups excluding carboxylic acids is 1. The minimum Gasteiger partial charge on any atom is -0.325 e. The zero-order valence-corrected chi connectivity index (χ0v) is 15.6. The van der Waals surface area contributed by atoms with Crippen LogP contribution < -0.4 is 5.32 Å². The molecule has 2 aromatic heterocycles. The molecule has 10 heteroatoms. The van der Waals surface area contributed by atoms with Crippen LogP contribution in [0.1, 0.15) is 12.6 Å². The van der Waals surface area contributed by atoms with Crippen LogP contribution in [0.3, 0.4) is 0 Å². The lowest BCUT2D eigenvalue weighted by Gasteiger charge is -2.09. The van der Waals surface area contributed by atoms with Gasteiger partial charge in [0.25, 0.3) is 0 Å². The molecule has 3 aromatic rings. The van der Waals surface area contributed by atoms with Crippen LogP contribution in [-0.4, -0.2) is 31.4 Å². The topological polar surface area (TPSA) is 72.7 Å². The van der Waals surface area contributed by atoms with Crippen molar-refractivity contribution >= 4 is 23.4 Å². The first-order valence-electron chi connectivity index (χ1n) is 8.33. The summed E-state index contributed by atoms with van der Waals surface area (Å²) in [6, 6.07) is 11.4. The van der Waals surface area contributed by atoms with Crippen LogP contribution in [0.15, 0.2) is 53.8 Å². The van der Waals surface area contributed by atoms with Gasteiger partial charge in [-0.05, 0) is 31.2 Å². The molecule has 6 nitrogen and oxygen atoms in total. The zero-order valence-electron chi connectivity index (χ0n) is 14.8. The van der Waals surface area contributed by atoms with E-state index in [1.807, 2.05) is 25.1 Å². The van der Waals surface area contributed by atoms with Gasteiger partial charge >= 0.3 is 6.18 Å². The van der Waals surface area contributed by atoms with E-state index in [9.17, 15) is 18.0 Å². The van der Waals surface area contributed by atoms with E-state index < -0.39 is 11.9 Å². The maximum Gasteiger partial charge on any atom is 0.433 e. The third-order valence-corrected chi connectivity index (χ3v) is 4.70. The number of thioether (sulfide) groups is 1. The number of nitrogens with one attached hydrogen (secondary N) is 1. The maximum absolute atomic E-state index is 12.9. The van der Waals surface area contributed by atoms with Gasteiger partial charge in [0.2, 0.25) is 5.91 Å². The van der Waals surface area contributed by atoms with Crippen LogP contribution in [0.5, 0.6) is 0 Å².